The maximum Gasteiger partial charge on any atom is 0.271 e. The van der Waals surface area contributed by atoms with Crippen LogP contribution in [0, 0.1) is 0 Å². The highest BCUT2D eigenvalue weighted by Gasteiger charge is 2.37. The second-order valence-corrected chi connectivity index (χ2v) is 8.95. The molecule has 0 saturated carbocycles. The third-order valence-electron chi connectivity index (χ3n) is 4.82. The summed E-state index contributed by atoms with van der Waals surface area (Å²) in [6.45, 7) is 0.640. The van der Waals surface area contributed by atoms with Crippen LogP contribution in [0.25, 0.3) is 0 Å². The van der Waals surface area contributed by atoms with Gasteiger partial charge < -0.3 is 10.1 Å². The summed E-state index contributed by atoms with van der Waals surface area (Å²) in [7, 11) is -3.14. The molecule has 3 aliphatic heterocycles. The predicted octanol–water partition coefficient (Wildman–Crippen LogP) is 0.725. The molecule has 1 aromatic rings. The molecule has 0 unspecified atom stereocenters. The van der Waals surface area contributed by atoms with Crippen LogP contribution in [0.4, 0.5) is 5.69 Å². The Hall–Kier alpha value is -2.42. The molecule has 0 bridgehead atoms. The number of hydrogen-bond donors (Lipinski definition) is 1. The highest BCUT2D eigenvalue weighted by molar-refractivity contribution is 7.91. The first-order valence-electron chi connectivity index (χ1n) is 8.58. The normalized spacial score (nSPS) is 24.0. The first kappa shape index (κ1) is 17.0. The minimum Gasteiger partial charge on any atom is -0.493 e. The molecule has 0 spiro atoms. The number of nitrogens with zero attached hydrogens (tertiary/aromatic N) is 2. The number of hydrogen-bond acceptors (Lipinski definition) is 6. The smallest absolute Gasteiger partial charge is 0.271 e. The topological polar surface area (TPSA) is 105 Å². The van der Waals surface area contributed by atoms with E-state index in [-0.39, 0.29) is 41.9 Å². The van der Waals surface area contributed by atoms with E-state index in [4.69, 9.17) is 4.74 Å². The van der Waals surface area contributed by atoms with Crippen LogP contribution in [0.3, 0.4) is 0 Å². The maximum atomic E-state index is 12.5. The van der Waals surface area contributed by atoms with Crippen LogP contribution < -0.4 is 10.1 Å². The van der Waals surface area contributed by atoms with E-state index in [2.05, 4.69) is 10.4 Å². The van der Waals surface area contributed by atoms with Crippen LogP contribution in [0.2, 0.25) is 0 Å². The van der Waals surface area contributed by atoms with Gasteiger partial charge in [-0.3, -0.25) is 9.59 Å². The number of benzene rings is 1. The predicted molar refractivity (Wildman–Crippen MR) is 94.8 cm³/mol. The SMILES string of the molecule is O=C(Nc1ccc2c(c1)CCO2)C1=NN([C@@H]2CCS(=O)(=O)C2)C(=O)CC1. The van der Waals surface area contributed by atoms with Gasteiger partial charge in [0, 0.05) is 24.9 Å². The van der Waals surface area contributed by atoms with Crippen molar-refractivity contribution in [3.8, 4) is 5.75 Å². The van der Waals surface area contributed by atoms with Crippen LogP contribution in [-0.2, 0) is 25.8 Å². The number of fused-ring (bicyclic) bond motifs is 1. The molecular weight excluding hydrogens is 358 g/mol. The Morgan fingerprint density at radius 3 is 2.88 bits per heavy atom. The quantitative estimate of drug-likeness (QED) is 0.836. The first-order valence-corrected chi connectivity index (χ1v) is 10.4. The third-order valence-corrected chi connectivity index (χ3v) is 6.57. The van der Waals surface area contributed by atoms with E-state index >= 15 is 0 Å². The van der Waals surface area contributed by atoms with Crippen LogP contribution >= 0.6 is 0 Å². The summed E-state index contributed by atoms with van der Waals surface area (Å²) in [5, 5.41) is 8.17. The Balaban J connectivity index is 1.50. The lowest BCUT2D eigenvalue weighted by atomic mass is 10.1. The van der Waals surface area contributed by atoms with Gasteiger partial charge in [0.25, 0.3) is 5.91 Å². The second kappa shape index (κ2) is 6.39. The Labute approximate surface area is 151 Å². The molecule has 0 radical (unpaired) electrons. The number of amides is 2. The number of carbonyl (C=O) groups is 2. The summed E-state index contributed by atoms with van der Waals surface area (Å²) >= 11 is 0. The second-order valence-electron chi connectivity index (χ2n) is 6.72. The molecule has 1 atom stereocenters. The van der Waals surface area contributed by atoms with E-state index in [1.165, 1.54) is 5.01 Å². The number of carbonyl (C=O) groups excluding carboxylic acids is 2. The summed E-state index contributed by atoms with van der Waals surface area (Å²) in [4.78, 5) is 24.7. The molecule has 1 fully saturated rings. The summed E-state index contributed by atoms with van der Waals surface area (Å²) in [6.07, 6.45) is 1.56. The molecule has 1 aromatic carbocycles. The molecule has 0 aliphatic carbocycles. The van der Waals surface area contributed by atoms with Gasteiger partial charge in [-0.2, -0.15) is 5.10 Å². The monoisotopic (exact) mass is 377 g/mol. The van der Waals surface area contributed by atoms with Crippen molar-refractivity contribution >= 4 is 33.1 Å². The van der Waals surface area contributed by atoms with Crippen molar-refractivity contribution in [2.45, 2.75) is 31.7 Å². The van der Waals surface area contributed by atoms with E-state index in [9.17, 15) is 18.0 Å². The van der Waals surface area contributed by atoms with E-state index in [1.807, 2.05) is 12.1 Å². The van der Waals surface area contributed by atoms with Crippen LogP contribution in [-0.4, -0.2) is 55.1 Å². The fourth-order valence-electron chi connectivity index (χ4n) is 3.46. The molecule has 3 aliphatic rings. The first-order chi connectivity index (χ1) is 12.4. The molecule has 26 heavy (non-hydrogen) atoms. The lowest BCUT2D eigenvalue weighted by molar-refractivity contribution is -0.133. The van der Waals surface area contributed by atoms with Crippen molar-refractivity contribution in [1.82, 2.24) is 5.01 Å². The van der Waals surface area contributed by atoms with Gasteiger partial charge in [0.05, 0.1) is 24.2 Å². The zero-order valence-corrected chi connectivity index (χ0v) is 14.9. The lowest BCUT2D eigenvalue weighted by Gasteiger charge is -2.27. The van der Waals surface area contributed by atoms with E-state index in [0.29, 0.717) is 18.7 Å². The highest BCUT2D eigenvalue weighted by atomic mass is 32.2. The van der Waals surface area contributed by atoms with Gasteiger partial charge in [-0.05, 0) is 30.2 Å². The summed E-state index contributed by atoms with van der Waals surface area (Å²) in [5.41, 5.74) is 1.93. The van der Waals surface area contributed by atoms with Gasteiger partial charge in [0.15, 0.2) is 9.84 Å². The van der Waals surface area contributed by atoms with Gasteiger partial charge in [0.1, 0.15) is 11.5 Å². The van der Waals surface area contributed by atoms with Gasteiger partial charge >= 0.3 is 0 Å². The standard InChI is InChI=1S/C17H19N3O5S/c21-16-4-2-14(19-20(16)13-6-8-26(23,24)10-13)17(22)18-12-1-3-15-11(9-12)5-7-25-15/h1,3,9,13H,2,4-8,10H2,(H,18,22)/t13-/m1/s1. The van der Waals surface area contributed by atoms with Crippen LogP contribution in [0.15, 0.2) is 23.3 Å². The van der Waals surface area contributed by atoms with E-state index < -0.39 is 15.9 Å². The molecule has 2 amide bonds. The lowest BCUT2D eigenvalue weighted by Crippen LogP contribution is -2.42. The summed E-state index contributed by atoms with van der Waals surface area (Å²) in [5.74, 6) is 0.176. The Bertz CT molecular complexity index is 909. The van der Waals surface area contributed by atoms with Crippen LogP contribution in [0.1, 0.15) is 24.8 Å². The van der Waals surface area contributed by atoms with Crippen molar-refractivity contribution in [3.63, 3.8) is 0 Å². The maximum absolute atomic E-state index is 12.5. The van der Waals surface area contributed by atoms with Gasteiger partial charge in [0.2, 0.25) is 5.91 Å². The van der Waals surface area contributed by atoms with Crippen molar-refractivity contribution in [3.05, 3.63) is 23.8 Å². The minimum absolute atomic E-state index is 0.0513. The Morgan fingerprint density at radius 1 is 1.27 bits per heavy atom. The van der Waals surface area contributed by atoms with E-state index in [0.717, 1.165) is 17.7 Å². The fraction of sp³-hybridized carbons (Fsp3) is 0.471. The van der Waals surface area contributed by atoms with Crippen molar-refractivity contribution < 1.29 is 22.7 Å². The molecule has 9 heteroatoms. The molecular formula is C17H19N3O5S. The molecule has 0 aromatic heterocycles. The highest BCUT2D eigenvalue weighted by Crippen LogP contribution is 2.28. The van der Waals surface area contributed by atoms with Gasteiger partial charge in [-0.25, -0.2) is 13.4 Å². The molecule has 4 rings (SSSR count). The largest absolute Gasteiger partial charge is 0.493 e. The number of anilines is 1. The molecule has 1 N–H and O–H groups in total. The Morgan fingerprint density at radius 2 is 2.12 bits per heavy atom. The average molecular weight is 377 g/mol. The number of nitrogens with one attached hydrogen (secondary N) is 1. The van der Waals surface area contributed by atoms with Crippen molar-refractivity contribution in [1.29, 1.82) is 0 Å². The minimum atomic E-state index is -3.14. The van der Waals surface area contributed by atoms with Crippen molar-refractivity contribution in [2.75, 3.05) is 23.4 Å². The zero-order chi connectivity index (χ0) is 18.3. The number of hydrazone groups is 1. The average Bonchev–Trinajstić information content (AvgIpc) is 3.20. The number of rotatable bonds is 3. The third kappa shape index (κ3) is 3.31. The molecule has 138 valence electrons. The number of sulfone groups is 1. The molecule has 8 nitrogen and oxygen atoms in total. The molecule has 3 heterocycles. The fourth-order valence-corrected chi connectivity index (χ4v) is 5.15. The zero-order valence-electron chi connectivity index (χ0n) is 14.1. The molecule has 1 saturated heterocycles. The van der Waals surface area contributed by atoms with Gasteiger partial charge in [-0.15, -0.1) is 0 Å². The summed E-state index contributed by atoms with van der Waals surface area (Å²) in [6, 6.07) is 4.97. The van der Waals surface area contributed by atoms with Gasteiger partial charge in [-0.1, -0.05) is 0 Å². The van der Waals surface area contributed by atoms with E-state index in [1.54, 1.807) is 6.07 Å². The van der Waals surface area contributed by atoms with Crippen molar-refractivity contribution in [2.24, 2.45) is 5.10 Å². The number of ether oxygens (including phenoxy) is 1. The summed E-state index contributed by atoms with van der Waals surface area (Å²) < 4.78 is 28.8. The Kier molecular flexibility index (Phi) is 4.18. The van der Waals surface area contributed by atoms with Crippen LogP contribution in [0.5, 0.6) is 5.75 Å².